The zero-order valence-electron chi connectivity index (χ0n) is 33.2. The van der Waals surface area contributed by atoms with Gasteiger partial charge in [-0.3, -0.25) is 24.0 Å². The number of nitrogens with zero attached hydrogens (tertiary/aromatic N) is 1. The highest BCUT2D eigenvalue weighted by Gasteiger charge is 2.38. The number of piperidine rings is 1. The molecule has 7 N–H and O–H groups in total. The molecule has 1 saturated heterocycles. The summed E-state index contributed by atoms with van der Waals surface area (Å²) >= 11 is 0. The van der Waals surface area contributed by atoms with Crippen molar-refractivity contribution in [2.45, 2.75) is 90.4 Å². The maximum atomic E-state index is 13.5. The molecule has 0 bridgehead atoms. The topological polar surface area (TPSA) is 280 Å². The Morgan fingerprint density at radius 1 is 0.967 bits per heavy atom. The van der Waals surface area contributed by atoms with Gasteiger partial charge in [-0.05, 0) is 70.0 Å². The van der Waals surface area contributed by atoms with Gasteiger partial charge in [-0.1, -0.05) is 39.2 Å². The van der Waals surface area contributed by atoms with E-state index in [4.69, 9.17) is 29.0 Å². The van der Waals surface area contributed by atoms with Gasteiger partial charge in [0.1, 0.15) is 17.6 Å². The average Bonchev–Trinajstić information content (AvgIpc) is 3.70. The highest BCUT2D eigenvalue weighted by Crippen LogP contribution is 2.30. The van der Waals surface area contributed by atoms with Crippen molar-refractivity contribution >= 4 is 48.0 Å². The molecule has 0 unspecified atom stereocenters. The molecule has 0 spiro atoms. The fraction of sp³-hybridized carbons (Fsp3) is 0.526. The molecule has 1 aromatic carbocycles. The number of hydrogen-bond donors (Lipinski definition) is 7. The number of halogens is 3. The molecule has 1 aliphatic rings. The van der Waals surface area contributed by atoms with Crippen LogP contribution in [0.1, 0.15) is 93.1 Å². The highest BCUT2D eigenvalue weighted by molar-refractivity contribution is 6.00. The lowest BCUT2D eigenvalue weighted by Gasteiger charge is -2.33. The van der Waals surface area contributed by atoms with Gasteiger partial charge < -0.3 is 50.6 Å². The number of ether oxygens (including phenoxy) is 1. The minimum atomic E-state index is -5.08. The summed E-state index contributed by atoms with van der Waals surface area (Å²) in [6.45, 7) is 6.72. The summed E-state index contributed by atoms with van der Waals surface area (Å²) in [5.74, 6) is -8.95. The van der Waals surface area contributed by atoms with Crippen LogP contribution in [0.2, 0.25) is 0 Å². The Hall–Kier alpha value is -6.19. The maximum Gasteiger partial charge on any atom is 0.490 e. The van der Waals surface area contributed by atoms with Crippen molar-refractivity contribution in [3.63, 3.8) is 0 Å². The molecule has 4 amide bonds. The van der Waals surface area contributed by atoms with E-state index in [0.717, 1.165) is 17.9 Å². The number of hydroxylamine groups is 2. The van der Waals surface area contributed by atoms with Gasteiger partial charge in [0.05, 0.1) is 43.1 Å². The summed E-state index contributed by atoms with van der Waals surface area (Å²) in [6.07, 6.45) is -1.07. The van der Waals surface area contributed by atoms with Crippen LogP contribution in [0, 0.1) is 11.8 Å². The van der Waals surface area contributed by atoms with Crippen molar-refractivity contribution < 1.29 is 80.8 Å². The molecule has 2 heterocycles. The van der Waals surface area contributed by atoms with Gasteiger partial charge in [-0.15, -0.1) is 0 Å². The van der Waals surface area contributed by atoms with Crippen molar-refractivity contribution in [3.8, 4) is 17.1 Å². The number of carbonyl (C=O) groups is 8. The standard InChI is InChI=1S/C36H49N5O12.C2HF3O2/c1-4-7-8-9-24(27(5-2)41(21-42)53-36(50)22-14-16-37-17-15-22)32(45)38-20-39-34(47)29-13-12-28(52-29)23-10-11-25(30(18-23)51-6-3)33(46)40-26(35(48)49)19-31(43)44;3-2(4,5)1(6)7/h10-13,18,21-22,24,26-27,37H,4-9,14-17,19-20H2,1-3H3,(H,38,45)(H,39,47)(H,40,46)(H,43,44)(H,48,49);(H,6,7)/t24-,26+,27-;/m1./s1. The van der Waals surface area contributed by atoms with Gasteiger partial charge in [0.2, 0.25) is 12.3 Å². The van der Waals surface area contributed by atoms with Crippen LogP contribution in [0.3, 0.4) is 0 Å². The van der Waals surface area contributed by atoms with E-state index >= 15 is 0 Å². The van der Waals surface area contributed by atoms with E-state index in [1.54, 1.807) is 13.8 Å². The molecule has 19 nitrogen and oxygen atoms in total. The van der Waals surface area contributed by atoms with E-state index in [0.29, 0.717) is 57.2 Å². The number of unbranched alkanes of at least 4 members (excludes halogenated alkanes) is 2. The Morgan fingerprint density at radius 2 is 1.63 bits per heavy atom. The zero-order valence-corrected chi connectivity index (χ0v) is 33.2. The first kappa shape index (κ1) is 50.0. The molecule has 1 aromatic heterocycles. The Balaban J connectivity index is 0.00000162. The Labute approximate surface area is 342 Å². The predicted molar refractivity (Wildman–Crippen MR) is 202 cm³/mol. The minimum Gasteiger partial charge on any atom is -0.493 e. The Morgan fingerprint density at radius 3 is 2.18 bits per heavy atom. The first-order valence-electron chi connectivity index (χ1n) is 19.0. The third kappa shape index (κ3) is 15.9. The molecule has 0 saturated carbocycles. The zero-order chi connectivity index (χ0) is 45.0. The summed E-state index contributed by atoms with van der Waals surface area (Å²) in [5, 5.41) is 37.0. The van der Waals surface area contributed by atoms with Crippen LogP contribution in [0.4, 0.5) is 13.2 Å². The number of hydrogen-bond acceptors (Lipinski definition) is 12. The largest absolute Gasteiger partial charge is 0.493 e. The smallest absolute Gasteiger partial charge is 0.490 e. The van der Waals surface area contributed by atoms with Crippen molar-refractivity contribution in [1.29, 1.82) is 0 Å². The first-order chi connectivity index (χ1) is 28.4. The second kappa shape index (κ2) is 24.7. The number of carboxylic acid groups (broad SMARTS) is 3. The maximum absolute atomic E-state index is 13.5. The van der Waals surface area contributed by atoms with Gasteiger partial charge in [0, 0.05) is 5.56 Å². The fourth-order valence-corrected chi connectivity index (χ4v) is 5.95. The van der Waals surface area contributed by atoms with Crippen LogP contribution in [0.15, 0.2) is 34.7 Å². The highest BCUT2D eigenvalue weighted by atomic mass is 19.4. The summed E-state index contributed by atoms with van der Waals surface area (Å²) in [7, 11) is 0. The molecular formula is C38H50F3N5O14. The van der Waals surface area contributed by atoms with E-state index in [9.17, 15) is 51.8 Å². The molecule has 1 fully saturated rings. The van der Waals surface area contributed by atoms with Gasteiger partial charge >= 0.3 is 30.1 Å². The molecule has 3 rings (SSSR count). The second-order valence-corrected chi connectivity index (χ2v) is 13.3. The number of benzene rings is 1. The van der Waals surface area contributed by atoms with E-state index in [1.165, 1.54) is 30.3 Å². The average molecular weight is 858 g/mol. The van der Waals surface area contributed by atoms with Crippen LogP contribution in [-0.4, -0.2) is 113 Å². The van der Waals surface area contributed by atoms with Crippen molar-refractivity contribution in [2.75, 3.05) is 26.4 Å². The normalized spacial score (nSPS) is 14.2. The molecule has 0 radical (unpaired) electrons. The van der Waals surface area contributed by atoms with Gasteiger partial charge in [0.25, 0.3) is 11.8 Å². The van der Waals surface area contributed by atoms with Crippen molar-refractivity contribution in [2.24, 2.45) is 11.8 Å². The number of rotatable bonds is 22. The number of aliphatic carboxylic acids is 3. The number of amides is 4. The minimum absolute atomic E-state index is 0.0398. The summed E-state index contributed by atoms with van der Waals surface area (Å²) < 4.78 is 43.1. The van der Waals surface area contributed by atoms with Crippen molar-refractivity contribution in [3.05, 3.63) is 41.7 Å². The van der Waals surface area contributed by atoms with Crippen LogP contribution in [0.5, 0.6) is 5.75 Å². The molecule has 2 aromatic rings. The lowest BCUT2D eigenvalue weighted by molar-refractivity contribution is -0.208. The molecular weight excluding hydrogens is 807 g/mol. The molecule has 1 aliphatic heterocycles. The third-order valence-electron chi connectivity index (χ3n) is 9.01. The van der Waals surface area contributed by atoms with Gasteiger partial charge in [-0.2, -0.15) is 18.2 Å². The van der Waals surface area contributed by atoms with E-state index < -0.39 is 72.2 Å². The lowest BCUT2D eigenvalue weighted by atomic mass is 9.90. The Bertz CT molecular complexity index is 1800. The number of carbonyl (C=O) groups excluding carboxylic acids is 5. The molecule has 0 aliphatic carbocycles. The van der Waals surface area contributed by atoms with Crippen LogP contribution in [0.25, 0.3) is 11.3 Å². The predicted octanol–water partition coefficient (Wildman–Crippen LogP) is 3.33. The Kier molecular flexibility index (Phi) is 20.5. The lowest BCUT2D eigenvalue weighted by Crippen LogP contribution is -2.49. The van der Waals surface area contributed by atoms with Crippen molar-refractivity contribution in [1.82, 2.24) is 26.3 Å². The number of alkyl halides is 3. The van der Waals surface area contributed by atoms with Crippen LogP contribution >= 0.6 is 0 Å². The molecule has 3 atom stereocenters. The third-order valence-corrected chi connectivity index (χ3v) is 9.01. The number of carboxylic acids is 3. The molecule has 22 heteroatoms. The van der Waals surface area contributed by atoms with Crippen LogP contribution in [-0.2, 0) is 33.6 Å². The van der Waals surface area contributed by atoms with E-state index in [2.05, 4.69) is 21.3 Å². The van der Waals surface area contributed by atoms with E-state index in [-0.39, 0.29) is 42.0 Å². The monoisotopic (exact) mass is 857 g/mol. The summed E-state index contributed by atoms with van der Waals surface area (Å²) in [6, 6.07) is 4.84. The van der Waals surface area contributed by atoms with Crippen LogP contribution < -0.4 is 26.0 Å². The van der Waals surface area contributed by atoms with Gasteiger partial charge in [-0.25, -0.2) is 14.4 Å². The quantitative estimate of drug-likeness (QED) is 0.0387. The number of furan rings is 1. The first-order valence-corrected chi connectivity index (χ1v) is 19.0. The SMILES string of the molecule is CCCCC[C@@H](C(=O)NCNC(=O)c1ccc(-c2ccc(C(=O)N[C@@H](CC(=O)O)C(=O)O)c(OCC)c2)o1)[C@@H](CC)N(C=O)OC(=O)C1CCNCC1.O=C(O)C(F)(F)F. The van der Waals surface area contributed by atoms with E-state index in [1.807, 2.05) is 6.92 Å². The summed E-state index contributed by atoms with van der Waals surface area (Å²) in [4.78, 5) is 101. The number of nitrogens with one attached hydrogen (secondary N) is 4. The summed E-state index contributed by atoms with van der Waals surface area (Å²) in [5.41, 5.74) is 0.376. The molecule has 332 valence electrons. The second-order valence-electron chi connectivity index (χ2n) is 13.3. The fourth-order valence-electron chi connectivity index (χ4n) is 5.95. The molecule has 60 heavy (non-hydrogen) atoms. The van der Waals surface area contributed by atoms with Gasteiger partial charge in [0.15, 0.2) is 5.76 Å².